The van der Waals surface area contributed by atoms with Crippen LogP contribution in [0, 0.1) is 0 Å². The van der Waals surface area contributed by atoms with Crippen molar-refractivity contribution in [1.29, 1.82) is 0 Å². The van der Waals surface area contributed by atoms with E-state index in [1.807, 2.05) is 41.8 Å². The molecule has 4 heterocycles. The van der Waals surface area contributed by atoms with Gasteiger partial charge in [0.2, 0.25) is 0 Å². The van der Waals surface area contributed by atoms with Gasteiger partial charge in [0, 0.05) is 10.3 Å². The zero-order valence-corrected chi connectivity index (χ0v) is 22.4. The zero-order valence-electron chi connectivity index (χ0n) is 21.6. The highest BCUT2D eigenvalue weighted by Crippen LogP contribution is 2.38. The Hall–Kier alpha value is -4.70. The van der Waals surface area contributed by atoms with Crippen molar-refractivity contribution in [1.82, 2.24) is 15.6 Å². The number of furan rings is 1. The predicted molar refractivity (Wildman–Crippen MR) is 149 cm³/mol. The summed E-state index contributed by atoms with van der Waals surface area (Å²) in [6.45, 7) is 1.47. The van der Waals surface area contributed by atoms with Crippen molar-refractivity contribution in [2.24, 2.45) is 0 Å². The van der Waals surface area contributed by atoms with Crippen molar-refractivity contribution in [3.8, 4) is 0 Å². The van der Waals surface area contributed by atoms with Crippen LogP contribution < -0.4 is 10.6 Å². The number of urea groups is 1. The first kappa shape index (κ1) is 25.6. The van der Waals surface area contributed by atoms with Crippen LogP contribution >= 0.6 is 11.3 Å². The minimum atomic E-state index is -0.896. The smallest absolute Gasteiger partial charge is 0.339 e. The molecule has 1 aromatic carbocycles. The summed E-state index contributed by atoms with van der Waals surface area (Å²) in [5, 5.41) is 8.01. The van der Waals surface area contributed by atoms with Crippen molar-refractivity contribution in [3.63, 3.8) is 0 Å². The van der Waals surface area contributed by atoms with Gasteiger partial charge in [0.15, 0.2) is 0 Å². The van der Waals surface area contributed by atoms with E-state index < -0.39 is 24.0 Å². The number of amides is 2. The lowest BCUT2D eigenvalue weighted by atomic mass is 10.00. The Kier molecular flexibility index (Phi) is 6.91. The molecule has 3 aromatic heterocycles. The first-order valence-electron chi connectivity index (χ1n) is 12.9. The molecule has 1 unspecified atom stereocenters. The standard InChI is InChI=1S/C30H25N3O6S/c1-2-37-29(35)25-22(32-30(36)33-27(25)23-10-5-13-38-23)16-39-28(34)24-19-8-3-4-9-21(19)31-26-17(11-12-20(24)26)15-18-7-6-14-40-18/h3-10,13-15,27H,2,11-12,16H2,1H3,(H2,32,33,36)/b17-15-. The molecule has 0 saturated heterocycles. The van der Waals surface area contributed by atoms with Crippen LogP contribution in [0.1, 0.15) is 51.6 Å². The maximum Gasteiger partial charge on any atom is 0.339 e. The Balaban J connectivity index is 1.37. The first-order chi connectivity index (χ1) is 19.5. The molecule has 40 heavy (non-hydrogen) atoms. The Morgan fingerprint density at radius 1 is 1.10 bits per heavy atom. The maximum absolute atomic E-state index is 13.7. The fourth-order valence-electron chi connectivity index (χ4n) is 5.12. The second-order valence-electron chi connectivity index (χ2n) is 9.25. The van der Waals surface area contributed by atoms with E-state index in [1.165, 1.54) is 6.26 Å². The number of hydrogen-bond donors (Lipinski definition) is 2. The number of rotatable bonds is 7. The van der Waals surface area contributed by atoms with Crippen LogP contribution in [0.3, 0.4) is 0 Å². The SMILES string of the molecule is CCOC(=O)C1=C(COC(=O)c2c3c(nc4ccccc24)/C(=C\c2cccs2)CC3)NC(=O)NC1c1ccco1. The number of nitrogens with zero attached hydrogens (tertiary/aromatic N) is 1. The molecular formula is C30H25N3O6S. The summed E-state index contributed by atoms with van der Waals surface area (Å²) in [4.78, 5) is 45.2. The summed E-state index contributed by atoms with van der Waals surface area (Å²) >= 11 is 1.64. The molecule has 2 amide bonds. The zero-order chi connectivity index (χ0) is 27.6. The monoisotopic (exact) mass is 555 g/mol. The number of benzene rings is 1. The van der Waals surface area contributed by atoms with Gasteiger partial charge in [0.25, 0.3) is 0 Å². The van der Waals surface area contributed by atoms with E-state index in [-0.39, 0.29) is 24.5 Å². The minimum absolute atomic E-state index is 0.107. The summed E-state index contributed by atoms with van der Waals surface area (Å²) < 4.78 is 16.5. The van der Waals surface area contributed by atoms with Gasteiger partial charge >= 0.3 is 18.0 Å². The highest BCUT2D eigenvalue weighted by molar-refractivity contribution is 7.10. The number of hydrogen-bond acceptors (Lipinski definition) is 8. The molecule has 2 aliphatic rings. The molecule has 6 rings (SSSR count). The number of fused-ring (bicyclic) bond motifs is 2. The van der Waals surface area contributed by atoms with Gasteiger partial charge in [-0.2, -0.15) is 0 Å². The van der Waals surface area contributed by atoms with E-state index in [2.05, 4.69) is 16.7 Å². The van der Waals surface area contributed by atoms with E-state index >= 15 is 0 Å². The third-order valence-corrected chi connectivity index (χ3v) is 7.65. The molecule has 10 heteroatoms. The minimum Gasteiger partial charge on any atom is -0.467 e. The second-order valence-corrected chi connectivity index (χ2v) is 10.2. The van der Waals surface area contributed by atoms with E-state index in [1.54, 1.807) is 30.4 Å². The van der Waals surface area contributed by atoms with Crippen LogP contribution in [0.5, 0.6) is 0 Å². The lowest BCUT2D eigenvalue weighted by Gasteiger charge is -2.27. The largest absolute Gasteiger partial charge is 0.467 e. The molecule has 0 fully saturated rings. The molecule has 202 valence electrons. The Morgan fingerprint density at radius 3 is 2.75 bits per heavy atom. The molecule has 0 bridgehead atoms. The van der Waals surface area contributed by atoms with Gasteiger partial charge in [0.05, 0.1) is 40.9 Å². The average molecular weight is 556 g/mol. The van der Waals surface area contributed by atoms with Crippen LogP contribution in [0.2, 0.25) is 0 Å². The number of esters is 2. The molecule has 0 radical (unpaired) electrons. The number of allylic oxidation sites excluding steroid dienone is 1. The molecule has 9 nitrogen and oxygen atoms in total. The summed E-state index contributed by atoms with van der Waals surface area (Å²) in [7, 11) is 0. The van der Waals surface area contributed by atoms with Crippen molar-refractivity contribution < 1.29 is 28.3 Å². The van der Waals surface area contributed by atoms with Crippen molar-refractivity contribution in [3.05, 3.63) is 98.9 Å². The van der Waals surface area contributed by atoms with E-state index in [0.29, 0.717) is 28.6 Å². The highest BCUT2D eigenvalue weighted by atomic mass is 32.1. The number of nitrogens with one attached hydrogen (secondary N) is 2. The number of carbonyl (C=O) groups is 3. The molecule has 1 aliphatic heterocycles. The summed E-state index contributed by atoms with van der Waals surface area (Å²) in [5.41, 5.74) is 4.05. The second kappa shape index (κ2) is 10.8. The van der Waals surface area contributed by atoms with Crippen molar-refractivity contribution in [2.75, 3.05) is 13.2 Å². The van der Waals surface area contributed by atoms with Crippen LogP contribution in [-0.2, 0) is 20.7 Å². The van der Waals surface area contributed by atoms with Crippen molar-refractivity contribution >= 4 is 51.9 Å². The lowest BCUT2D eigenvalue weighted by molar-refractivity contribution is -0.139. The molecule has 4 aromatic rings. The topological polar surface area (TPSA) is 120 Å². The van der Waals surface area contributed by atoms with E-state index in [9.17, 15) is 14.4 Å². The molecule has 1 atom stereocenters. The van der Waals surface area contributed by atoms with Gasteiger partial charge in [-0.3, -0.25) is 0 Å². The third kappa shape index (κ3) is 4.77. The predicted octanol–water partition coefficient (Wildman–Crippen LogP) is 5.40. The molecule has 0 saturated carbocycles. The Morgan fingerprint density at radius 2 is 1.98 bits per heavy atom. The normalized spacial score (nSPS) is 17.5. The summed E-state index contributed by atoms with van der Waals surface area (Å²) in [6, 6.07) is 13.3. The highest BCUT2D eigenvalue weighted by Gasteiger charge is 2.36. The fourth-order valence-corrected chi connectivity index (χ4v) is 5.80. The number of pyridine rings is 1. The molecule has 0 spiro atoms. The van der Waals surface area contributed by atoms with Gasteiger partial charge in [-0.15, -0.1) is 11.3 Å². The van der Waals surface area contributed by atoms with Crippen LogP contribution in [-0.4, -0.2) is 36.2 Å². The van der Waals surface area contributed by atoms with Gasteiger partial charge in [-0.05, 0) is 66.6 Å². The summed E-state index contributed by atoms with van der Waals surface area (Å²) in [5.74, 6) is -0.865. The van der Waals surface area contributed by atoms with Gasteiger partial charge < -0.3 is 24.5 Å². The van der Waals surface area contributed by atoms with Crippen LogP contribution in [0.15, 0.2) is 75.9 Å². The number of carbonyl (C=O) groups excluding carboxylic acids is 3. The summed E-state index contributed by atoms with van der Waals surface area (Å²) in [6.07, 6.45) is 4.96. The van der Waals surface area contributed by atoms with Crippen LogP contribution in [0.4, 0.5) is 4.79 Å². The quantitative estimate of drug-likeness (QED) is 0.293. The van der Waals surface area contributed by atoms with Crippen molar-refractivity contribution in [2.45, 2.75) is 25.8 Å². The van der Waals surface area contributed by atoms with E-state index in [4.69, 9.17) is 18.9 Å². The number of ether oxygens (including phenoxy) is 2. The fraction of sp³-hybridized carbons (Fsp3) is 0.200. The van der Waals surface area contributed by atoms with E-state index in [0.717, 1.165) is 28.1 Å². The first-order valence-corrected chi connectivity index (χ1v) is 13.8. The van der Waals surface area contributed by atoms with Gasteiger partial charge in [-0.25, -0.2) is 19.4 Å². The lowest BCUT2D eigenvalue weighted by Crippen LogP contribution is -2.47. The maximum atomic E-state index is 13.7. The third-order valence-electron chi connectivity index (χ3n) is 6.83. The molecular weight excluding hydrogens is 530 g/mol. The Labute approximate surface area is 233 Å². The Bertz CT molecular complexity index is 1670. The number of para-hydroxylation sites is 1. The van der Waals surface area contributed by atoms with Crippen LogP contribution in [0.25, 0.3) is 22.6 Å². The van der Waals surface area contributed by atoms with Gasteiger partial charge in [-0.1, -0.05) is 24.3 Å². The number of thiophene rings is 1. The average Bonchev–Trinajstić information content (AvgIpc) is 3.74. The molecule has 1 aliphatic carbocycles. The molecule has 2 N–H and O–H groups in total. The van der Waals surface area contributed by atoms with Gasteiger partial charge in [0.1, 0.15) is 18.4 Å². The number of aromatic nitrogens is 1.